The zero-order chi connectivity index (χ0) is 26.6. The number of hydrogen-bond acceptors (Lipinski definition) is 9. The summed E-state index contributed by atoms with van der Waals surface area (Å²) in [5.41, 5.74) is 1.42. The van der Waals surface area contributed by atoms with Crippen LogP contribution in [0.1, 0.15) is 25.7 Å². The van der Waals surface area contributed by atoms with Crippen LogP contribution in [-0.4, -0.2) is 49.2 Å². The topological polar surface area (TPSA) is 93.7 Å². The molecule has 1 aromatic heterocycles. The van der Waals surface area contributed by atoms with E-state index in [1.54, 1.807) is 0 Å². The third-order valence-corrected chi connectivity index (χ3v) is 7.44. The summed E-state index contributed by atoms with van der Waals surface area (Å²) in [6, 6.07) is 21.6. The molecule has 9 nitrogen and oxygen atoms in total. The Bertz CT molecular complexity index is 1440. The molecule has 200 valence electrons. The Balaban J connectivity index is 1.27. The Morgan fingerprint density at radius 2 is 1.36 bits per heavy atom. The van der Waals surface area contributed by atoms with Crippen LogP contribution in [0.25, 0.3) is 0 Å². The highest BCUT2D eigenvalue weighted by atomic mass is 16.2. The average molecular weight is 524 g/mol. The van der Waals surface area contributed by atoms with Gasteiger partial charge in [0.05, 0.1) is 0 Å². The summed E-state index contributed by atoms with van der Waals surface area (Å²) in [7, 11) is 0. The van der Waals surface area contributed by atoms with Gasteiger partial charge in [0.15, 0.2) is 0 Å². The van der Waals surface area contributed by atoms with E-state index >= 15 is 0 Å². The van der Waals surface area contributed by atoms with E-state index in [-0.39, 0.29) is 0 Å². The summed E-state index contributed by atoms with van der Waals surface area (Å²) in [5, 5.41) is 6.31. The monoisotopic (exact) mass is 523 g/mol. The second-order valence-corrected chi connectivity index (χ2v) is 10.1. The van der Waals surface area contributed by atoms with Gasteiger partial charge in [-0.05, 0) is 49.9 Å². The SMILES string of the molecule is O=c1c(NCCN(c2ccccc2)c2cc(N3CCCC3)nc(N3CCCC3)n2)c(Nc2ccccc2)c1=O. The van der Waals surface area contributed by atoms with Crippen LogP contribution in [0.4, 0.5) is 40.3 Å². The number of anilines is 7. The first kappa shape index (κ1) is 24.9. The molecule has 6 rings (SSSR count). The van der Waals surface area contributed by atoms with Crippen LogP contribution in [0.15, 0.2) is 76.3 Å². The maximum Gasteiger partial charge on any atom is 0.253 e. The minimum atomic E-state index is -0.498. The lowest BCUT2D eigenvalue weighted by Gasteiger charge is -2.28. The normalized spacial score (nSPS) is 15.2. The van der Waals surface area contributed by atoms with E-state index in [9.17, 15) is 9.59 Å². The molecule has 0 spiro atoms. The summed E-state index contributed by atoms with van der Waals surface area (Å²) < 4.78 is 0. The highest BCUT2D eigenvalue weighted by Crippen LogP contribution is 2.31. The number of hydrogen-bond donors (Lipinski definition) is 2. The average Bonchev–Trinajstić information content (AvgIpc) is 3.72. The number of benzene rings is 2. The maximum atomic E-state index is 12.4. The van der Waals surface area contributed by atoms with Gasteiger partial charge in [0.25, 0.3) is 10.9 Å². The van der Waals surface area contributed by atoms with Crippen molar-refractivity contribution in [3.05, 3.63) is 87.2 Å². The van der Waals surface area contributed by atoms with Gasteiger partial charge in [0.1, 0.15) is 23.0 Å². The molecule has 0 bridgehead atoms. The summed E-state index contributed by atoms with van der Waals surface area (Å²) in [5.74, 6) is 2.57. The van der Waals surface area contributed by atoms with Gasteiger partial charge in [-0.1, -0.05) is 36.4 Å². The van der Waals surface area contributed by atoms with Crippen molar-refractivity contribution in [3.63, 3.8) is 0 Å². The third kappa shape index (κ3) is 5.30. The van der Waals surface area contributed by atoms with Crippen molar-refractivity contribution in [1.82, 2.24) is 9.97 Å². The standard InChI is InChI=1S/C30H33N7O2/c38-28-26(27(29(28)39)32-22-11-3-1-4-12-22)31-15-20-37(23-13-5-2-6-14-23)25-21-24(35-16-7-8-17-35)33-30(34-25)36-18-9-10-19-36/h1-6,11-14,21,31-32H,7-10,15-20H2. The van der Waals surface area contributed by atoms with Crippen LogP contribution >= 0.6 is 0 Å². The second-order valence-electron chi connectivity index (χ2n) is 10.1. The van der Waals surface area contributed by atoms with Crippen molar-refractivity contribution in [1.29, 1.82) is 0 Å². The molecule has 2 N–H and O–H groups in total. The lowest BCUT2D eigenvalue weighted by molar-refractivity contribution is 0.855. The van der Waals surface area contributed by atoms with Gasteiger partial charge in [0, 0.05) is 56.7 Å². The van der Waals surface area contributed by atoms with Crippen LogP contribution in [0.5, 0.6) is 0 Å². The van der Waals surface area contributed by atoms with E-state index < -0.39 is 10.9 Å². The quantitative estimate of drug-likeness (QED) is 0.296. The molecule has 0 saturated carbocycles. The Labute approximate surface area is 227 Å². The van der Waals surface area contributed by atoms with Gasteiger partial charge < -0.3 is 25.3 Å². The van der Waals surface area contributed by atoms with Crippen LogP contribution in [-0.2, 0) is 0 Å². The Morgan fingerprint density at radius 1 is 0.744 bits per heavy atom. The summed E-state index contributed by atoms with van der Waals surface area (Å²) >= 11 is 0. The number of para-hydroxylation sites is 2. The van der Waals surface area contributed by atoms with Crippen LogP contribution in [0.3, 0.4) is 0 Å². The molecule has 2 aliphatic rings. The first-order valence-electron chi connectivity index (χ1n) is 13.8. The van der Waals surface area contributed by atoms with E-state index in [1.807, 2.05) is 48.5 Å². The number of aromatic nitrogens is 2. The largest absolute Gasteiger partial charge is 0.378 e. The van der Waals surface area contributed by atoms with Crippen molar-refractivity contribution < 1.29 is 0 Å². The van der Waals surface area contributed by atoms with Crippen LogP contribution in [0.2, 0.25) is 0 Å². The molecule has 0 amide bonds. The summed E-state index contributed by atoms with van der Waals surface area (Å²) in [4.78, 5) is 41.5. The maximum absolute atomic E-state index is 12.4. The molecule has 0 unspecified atom stereocenters. The molecule has 0 aliphatic carbocycles. The van der Waals surface area contributed by atoms with Gasteiger partial charge >= 0.3 is 0 Å². The van der Waals surface area contributed by atoms with E-state index in [2.05, 4.69) is 43.5 Å². The zero-order valence-electron chi connectivity index (χ0n) is 22.0. The fourth-order valence-electron chi connectivity index (χ4n) is 5.34. The van der Waals surface area contributed by atoms with E-state index in [4.69, 9.17) is 9.97 Å². The third-order valence-electron chi connectivity index (χ3n) is 7.44. The molecule has 2 fully saturated rings. The lowest BCUT2D eigenvalue weighted by atomic mass is 10.1. The van der Waals surface area contributed by atoms with Crippen molar-refractivity contribution >= 4 is 40.3 Å². The number of nitrogens with zero attached hydrogens (tertiary/aromatic N) is 5. The molecule has 2 saturated heterocycles. The highest BCUT2D eigenvalue weighted by molar-refractivity contribution is 5.78. The highest BCUT2D eigenvalue weighted by Gasteiger charge is 2.24. The Kier molecular flexibility index (Phi) is 7.12. The minimum absolute atomic E-state index is 0.312. The summed E-state index contributed by atoms with van der Waals surface area (Å²) in [6.07, 6.45) is 4.65. The van der Waals surface area contributed by atoms with Crippen LogP contribution < -0.4 is 36.2 Å². The fraction of sp³-hybridized carbons (Fsp3) is 0.333. The lowest BCUT2D eigenvalue weighted by Crippen LogP contribution is -2.38. The van der Waals surface area contributed by atoms with Gasteiger partial charge in [-0.15, -0.1) is 0 Å². The van der Waals surface area contributed by atoms with Crippen molar-refractivity contribution in [3.8, 4) is 0 Å². The molecule has 3 aromatic carbocycles. The Morgan fingerprint density at radius 3 is 2.05 bits per heavy atom. The first-order valence-corrected chi connectivity index (χ1v) is 13.8. The second kappa shape index (κ2) is 11.1. The van der Waals surface area contributed by atoms with Gasteiger partial charge in [-0.25, -0.2) is 0 Å². The van der Waals surface area contributed by atoms with Gasteiger partial charge in [-0.3, -0.25) is 9.59 Å². The zero-order valence-corrected chi connectivity index (χ0v) is 22.0. The minimum Gasteiger partial charge on any atom is -0.378 e. The van der Waals surface area contributed by atoms with E-state index in [0.717, 1.165) is 68.0 Å². The molecule has 4 aromatic rings. The Hall–Kier alpha value is -4.40. The molecular weight excluding hydrogens is 490 g/mol. The molecule has 3 heterocycles. The molecule has 0 radical (unpaired) electrons. The van der Waals surface area contributed by atoms with Gasteiger partial charge in [-0.2, -0.15) is 9.97 Å². The van der Waals surface area contributed by atoms with Crippen LogP contribution in [0, 0.1) is 0 Å². The first-order chi connectivity index (χ1) is 19.2. The van der Waals surface area contributed by atoms with E-state index in [0.29, 0.717) is 24.5 Å². The number of nitrogens with one attached hydrogen (secondary N) is 2. The molecule has 0 atom stereocenters. The smallest absolute Gasteiger partial charge is 0.253 e. The molecule has 2 aliphatic heterocycles. The van der Waals surface area contributed by atoms with Crippen molar-refractivity contribution in [2.24, 2.45) is 0 Å². The predicted molar refractivity (Wildman–Crippen MR) is 158 cm³/mol. The molecule has 39 heavy (non-hydrogen) atoms. The molecular formula is C30H33N7O2. The number of rotatable bonds is 10. The summed E-state index contributed by atoms with van der Waals surface area (Å²) in [6.45, 7) is 4.94. The molecule has 9 heteroatoms. The van der Waals surface area contributed by atoms with Gasteiger partial charge in [0.2, 0.25) is 5.95 Å². The fourth-order valence-corrected chi connectivity index (χ4v) is 5.34. The predicted octanol–water partition coefficient (Wildman–Crippen LogP) is 4.27. The van der Waals surface area contributed by atoms with E-state index in [1.165, 1.54) is 12.8 Å². The van der Waals surface area contributed by atoms with Crippen molar-refractivity contribution in [2.45, 2.75) is 25.7 Å². The van der Waals surface area contributed by atoms with Crippen molar-refractivity contribution in [2.75, 3.05) is 64.6 Å².